The van der Waals surface area contributed by atoms with Crippen molar-refractivity contribution in [3.8, 4) is 0 Å². The van der Waals surface area contributed by atoms with E-state index in [0.29, 0.717) is 0 Å². The van der Waals surface area contributed by atoms with Gasteiger partial charge in [-0.3, -0.25) is 4.79 Å². The molecule has 0 bridgehead atoms. The summed E-state index contributed by atoms with van der Waals surface area (Å²) >= 11 is 0. The molecule has 2 N–H and O–H groups in total. The van der Waals surface area contributed by atoms with Crippen LogP contribution in [0.2, 0.25) is 0 Å². The number of carboxylic acid groups (broad SMARTS) is 1. The summed E-state index contributed by atoms with van der Waals surface area (Å²) in [6.45, 7) is 7.42. The van der Waals surface area contributed by atoms with E-state index in [1.54, 1.807) is 0 Å². The molecule has 1 aliphatic rings. The summed E-state index contributed by atoms with van der Waals surface area (Å²) in [6, 6.07) is 6.24. The molecule has 22 heavy (non-hydrogen) atoms. The monoisotopic (exact) mass is 301 g/mol. The molecule has 1 saturated heterocycles. The zero-order chi connectivity index (χ0) is 15.5. The van der Waals surface area contributed by atoms with Crippen molar-refractivity contribution in [2.45, 2.75) is 19.9 Å². The highest BCUT2D eigenvalue weighted by Gasteiger charge is 2.13. The van der Waals surface area contributed by atoms with E-state index in [0.717, 1.165) is 44.7 Å². The van der Waals surface area contributed by atoms with Gasteiger partial charge in [-0.15, -0.1) is 0 Å². The van der Waals surface area contributed by atoms with Gasteiger partial charge in [0.1, 0.15) is 6.54 Å². The van der Waals surface area contributed by atoms with Crippen LogP contribution in [-0.4, -0.2) is 53.3 Å². The standard InChI is InChI=1S/C17H23N3O2/c1-13-2-3-16-15(10-13)14(11-20(16)12-17(21)22)4-7-19-8-5-18-6-9-19/h2-3,10-11,18H,4-9,12H2,1H3,(H,21,22). The molecular weight excluding hydrogens is 278 g/mol. The van der Waals surface area contributed by atoms with Crippen LogP contribution < -0.4 is 5.32 Å². The quantitative estimate of drug-likeness (QED) is 0.878. The lowest BCUT2D eigenvalue weighted by atomic mass is 10.1. The van der Waals surface area contributed by atoms with Gasteiger partial charge in [-0.05, 0) is 31.0 Å². The third-order valence-electron chi connectivity index (χ3n) is 4.33. The summed E-state index contributed by atoms with van der Waals surface area (Å²) < 4.78 is 1.85. The number of benzene rings is 1. The first-order valence-electron chi connectivity index (χ1n) is 7.87. The van der Waals surface area contributed by atoms with Crippen molar-refractivity contribution >= 4 is 16.9 Å². The summed E-state index contributed by atoms with van der Waals surface area (Å²) in [6.07, 6.45) is 2.98. The van der Waals surface area contributed by atoms with Gasteiger partial charge in [0.15, 0.2) is 0 Å². The molecule has 0 aliphatic carbocycles. The van der Waals surface area contributed by atoms with Crippen LogP contribution in [0.4, 0.5) is 0 Å². The van der Waals surface area contributed by atoms with E-state index in [2.05, 4.69) is 23.2 Å². The van der Waals surface area contributed by atoms with Gasteiger partial charge in [-0.25, -0.2) is 0 Å². The molecule has 0 radical (unpaired) electrons. The van der Waals surface area contributed by atoms with E-state index in [4.69, 9.17) is 5.11 Å². The van der Waals surface area contributed by atoms with Gasteiger partial charge in [0.2, 0.25) is 0 Å². The maximum absolute atomic E-state index is 11.1. The zero-order valence-electron chi connectivity index (χ0n) is 13.0. The van der Waals surface area contributed by atoms with Crippen LogP contribution in [0.15, 0.2) is 24.4 Å². The molecule has 5 heteroatoms. The summed E-state index contributed by atoms with van der Waals surface area (Å²) in [5.74, 6) is -0.800. The van der Waals surface area contributed by atoms with Gasteiger partial charge in [0.25, 0.3) is 0 Å². The number of hydrogen-bond acceptors (Lipinski definition) is 3. The Kier molecular flexibility index (Phi) is 4.45. The molecule has 0 amide bonds. The fourth-order valence-electron chi connectivity index (χ4n) is 3.17. The lowest BCUT2D eigenvalue weighted by Crippen LogP contribution is -2.44. The summed E-state index contributed by atoms with van der Waals surface area (Å²) in [4.78, 5) is 13.5. The van der Waals surface area contributed by atoms with E-state index in [1.807, 2.05) is 22.9 Å². The molecule has 2 heterocycles. The van der Waals surface area contributed by atoms with Crippen LogP contribution in [0, 0.1) is 6.92 Å². The Balaban J connectivity index is 1.83. The first kappa shape index (κ1) is 15.1. The van der Waals surface area contributed by atoms with Crippen molar-refractivity contribution in [2.24, 2.45) is 0 Å². The normalized spacial score (nSPS) is 16.2. The van der Waals surface area contributed by atoms with E-state index in [1.165, 1.54) is 16.5 Å². The van der Waals surface area contributed by atoms with Gasteiger partial charge in [0, 0.05) is 49.8 Å². The average molecular weight is 301 g/mol. The topological polar surface area (TPSA) is 57.5 Å². The highest BCUT2D eigenvalue weighted by atomic mass is 16.4. The Labute approximate surface area is 130 Å². The van der Waals surface area contributed by atoms with Crippen LogP contribution in [-0.2, 0) is 17.8 Å². The first-order chi connectivity index (χ1) is 10.6. The van der Waals surface area contributed by atoms with Crippen molar-refractivity contribution in [1.29, 1.82) is 0 Å². The number of carbonyl (C=O) groups is 1. The fraction of sp³-hybridized carbons (Fsp3) is 0.471. The molecule has 0 saturated carbocycles. The molecule has 1 fully saturated rings. The number of nitrogens with zero attached hydrogens (tertiary/aromatic N) is 2. The minimum Gasteiger partial charge on any atom is -0.480 e. The van der Waals surface area contributed by atoms with Crippen LogP contribution in [0.3, 0.4) is 0 Å². The van der Waals surface area contributed by atoms with E-state index in [-0.39, 0.29) is 6.54 Å². The number of carboxylic acids is 1. The lowest BCUT2D eigenvalue weighted by molar-refractivity contribution is -0.137. The number of aromatic nitrogens is 1. The highest BCUT2D eigenvalue weighted by Crippen LogP contribution is 2.23. The zero-order valence-corrected chi connectivity index (χ0v) is 13.0. The molecular formula is C17H23N3O2. The molecule has 0 spiro atoms. The predicted molar refractivity (Wildman–Crippen MR) is 87.3 cm³/mol. The van der Waals surface area contributed by atoms with Crippen molar-refractivity contribution < 1.29 is 9.90 Å². The molecule has 2 aromatic rings. The molecule has 1 aromatic heterocycles. The van der Waals surface area contributed by atoms with E-state index in [9.17, 15) is 4.79 Å². The third kappa shape index (κ3) is 3.31. The predicted octanol–water partition coefficient (Wildman–Crippen LogP) is 1.48. The average Bonchev–Trinajstić information content (AvgIpc) is 2.83. The summed E-state index contributed by atoms with van der Waals surface area (Å²) in [7, 11) is 0. The first-order valence-corrected chi connectivity index (χ1v) is 7.87. The van der Waals surface area contributed by atoms with E-state index < -0.39 is 5.97 Å². The number of rotatable bonds is 5. The lowest BCUT2D eigenvalue weighted by Gasteiger charge is -2.26. The summed E-state index contributed by atoms with van der Waals surface area (Å²) in [5, 5.41) is 13.6. The molecule has 118 valence electrons. The maximum atomic E-state index is 11.1. The van der Waals surface area contributed by atoms with Gasteiger partial charge in [-0.2, -0.15) is 0 Å². The van der Waals surface area contributed by atoms with Crippen molar-refractivity contribution in [3.63, 3.8) is 0 Å². The van der Waals surface area contributed by atoms with Crippen LogP contribution in [0.5, 0.6) is 0 Å². The Morgan fingerprint density at radius 2 is 2.09 bits per heavy atom. The second-order valence-electron chi connectivity index (χ2n) is 6.04. The second kappa shape index (κ2) is 6.50. The van der Waals surface area contributed by atoms with Gasteiger partial charge >= 0.3 is 5.97 Å². The van der Waals surface area contributed by atoms with Crippen LogP contribution in [0.25, 0.3) is 10.9 Å². The minimum atomic E-state index is -0.800. The largest absolute Gasteiger partial charge is 0.480 e. The molecule has 5 nitrogen and oxygen atoms in total. The smallest absolute Gasteiger partial charge is 0.323 e. The molecule has 3 rings (SSSR count). The Morgan fingerprint density at radius 3 is 2.82 bits per heavy atom. The minimum absolute atomic E-state index is 0.0210. The molecule has 1 aromatic carbocycles. The van der Waals surface area contributed by atoms with Gasteiger partial charge in [0.05, 0.1) is 0 Å². The van der Waals surface area contributed by atoms with Crippen LogP contribution in [0.1, 0.15) is 11.1 Å². The number of aryl methyl sites for hydroxylation is 1. The fourth-order valence-corrected chi connectivity index (χ4v) is 3.17. The Morgan fingerprint density at radius 1 is 1.32 bits per heavy atom. The number of fused-ring (bicyclic) bond motifs is 1. The second-order valence-corrected chi connectivity index (χ2v) is 6.04. The maximum Gasteiger partial charge on any atom is 0.323 e. The summed E-state index contributed by atoms with van der Waals surface area (Å²) in [5.41, 5.74) is 3.48. The van der Waals surface area contributed by atoms with Gasteiger partial charge in [-0.1, -0.05) is 11.6 Å². The molecule has 0 unspecified atom stereocenters. The van der Waals surface area contributed by atoms with Crippen molar-refractivity contribution in [1.82, 2.24) is 14.8 Å². The Hall–Kier alpha value is -1.85. The highest BCUT2D eigenvalue weighted by molar-refractivity contribution is 5.86. The number of hydrogen-bond donors (Lipinski definition) is 2. The Bertz CT molecular complexity index is 672. The van der Waals surface area contributed by atoms with Crippen molar-refractivity contribution in [2.75, 3.05) is 32.7 Å². The third-order valence-corrected chi connectivity index (χ3v) is 4.33. The van der Waals surface area contributed by atoms with Crippen LogP contribution >= 0.6 is 0 Å². The number of aliphatic carboxylic acids is 1. The molecule has 0 atom stereocenters. The van der Waals surface area contributed by atoms with Gasteiger partial charge < -0.3 is 19.9 Å². The number of nitrogens with one attached hydrogen (secondary N) is 1. The molecule has 1 aliphatic heterocycles. The van der Waals surface area contributed by atoms with Crippen molar-refractivity contribution in [3.05, 3.63) is 35.5 Å². The SMILES string of the molecule is Cc1ccc2c(c1)c(CCN1CCNCC1)cn2CC(=O)O. The number of piperazine rings is 1. The van der Waals surface area contributed by atoms with E-state index >= 15 is 0 Å².